The molecule has 0 bridgehead atoms. The lowest BCUT2D eigenvalue weighted by Crippen LogP contribution is -2.45. The lowest BCUT2D eigenvalue weighted by Gasteiger charge is -2.27. The topological polar surface area (TPSA) is 73.6 Å². The van der Waals surface area contributed by atoms with E-state index in [1.165, 1.54) is 7.11 Å². The minimum atomic E-state index is -0.567. The van der Waals surface area contributed by atoms with Crippen LogP contribution in [0.1, 0.15) is 19.8 Å². The Balaban J connectivity index is 0.00000256. The van der Waals surface area contributed by atoms with E-state index >= 15 is 0 Å². The first-order valence-electron chi connectivity index (χ1n) is 5.77. The number of nitrogens with one attached hydrogen (secondary N) is 1. The fourth-order valence-corrected chi connectivity index (χ4v) is 1.91. The van der Waals surface area contributed by atoms with Crippen molar-refractivity contribution in [2.75, 3.05) is 26.9 Å². The molecule has 0 spiro atoms. The van der Waals surface area contributed by atoms with Gasteiger partial charge in [0.25, 0.3) is 0 Å². The smallest absolute Gasteiger partial charge is 0.239 e. The fourth-order valence-electron chi connectivity index (χ4n) is 1.91. The molecule has 6 heteroatoms. The van der Waals surface area contributed by atoms with E-state index in [0.717, 1.165) is 19.4 Å². The van der Waals surface area contributed by atoms with Gasteiger partial charge < -0.3 is 20.5 Å². The van der Waals surface area contributed by atoms with Gasteiger partial charge in [0.2, 0.25) is 5.91 Å². The van der Waals surface area contributed by atoms with E-state index < -0.39 is 6.04 Å². The quantitative estimate of drug-likeness (QED) is 0.751. The highest BCUT2D eigenvalue weighted by atomic mass is 35.5. The highest BCUT2D eigenvalue weighted by Crippen LogP contribution is 2.18. The van der Waals surface area contributed by atoms with Crippen LogP contribution in [0.25, 0.3) is 0 Å². The molecule has 0 aliphatic carbocycles. The summed E-state index contributed by atoms with van der Waals surface area (Å²) in [7, 11) is 1.54. The van der Waals surface area contributed by atoms with Gasteiger partial charge in [0.1, 0.15) is 6.04 Å². The number of halogens is 1. The molecule has 1 fully saturated rings. The third-order valence-electron chi connectivity index (χ3n) is 2.84. The molecule has 3 atom stereocenters. The Hall–Kier alpha value is -0.360. The summed E-state index contributed by atoms with van der Waals surface area (Å²) in [5.74, 6) is 0.364. The van der Waals surface area contributed by atoms with Crippen molar-refractivity contribution in [3.8, 4) is 0 Å². The third-order valence-corrected chi connectivity index (χ3v) is 2.84. The van der Waals surface area contributed by atoms with Crippen LogP contribution in [0.5, 0.6) is 0 Å². The van der Waals surface area contributed by atoms with Gasteiger partial charge in [0, 0.05) is 20.3 Å². The summed E-state index contributed by atoms with van der Waals surface area (Å²) in [6.07, 6.45) is 2.30. The van der Waals surface area contributed by atoms with E-state index in [4.69, 9.17) is 15.2 Å². The average molecular weight is 267 g/mol. The van der Waals surface area contributed by atoms with Gasteiger partial charge in [-0.3, -0.25) is 4.79 Å². The second-order valence-corrected chi connectivity index (χ2v) is 4.38. The predicted molar refractivity (Wildman–Crippen MR) is 68.2 cm³/mol. The number of amides is 1. The summed E-state index contributed by atoms with van der Waals surface area (Å²) in [5, 5.41) is 2.86. The zero-order chi connectivity index (χ0) is 12.0. The Kier molecular flexibility index (Phi) is 8.51. The molecular formula is C11H23ClN2O3. The highest BCUT2D eigenvalue weighted by molar-refractivity contribution is 5.85. The summed E-state index contributed by atoms with van der Waals surface area (Å²) < 4.78 is 10.3. The molecule has 3 unspecified atom stereocenters. The number of carbonyl (C=O) groups excluding carboxylic acids is 1. The Morgan fingerprint density at radius 2 is 2.35 bits per heavy atom. The van der Waals surface area contributed by atoms with Gasteiger partial charge in [-0.05, 0) is 25.7 Å². The van der Waals surface area contributed by atoms with Crippen LogP contribution in [0.2, 0.25) is 0 Å². The molecule has 1 rings (SSSR count). The zero-order valence-corrected chi connectivity index (χ0v) is 11.3. The zero-order valence-electron chi connectivity index (χ0n) is 10.5. The number of ether oxygens (including phenoxy) is 2. The van der Waals surface area contributed by atoms with Gasteiger partial charge >= 0.3 is 0 Å². The summed E-state index contributed by atoms with van der Waals surface area (Å²) in [6, 6.07) is -0.567. The number of nitrogens with two attached hydrogens (primary N) is 1. The molecule has 0 aromatic carbocycles. The largest absolute Gasteiger partial charge is 0.383 e. The van der Waals surface area contributed by atoms with Crippen molar-refractivity contribution in [1.82, 2.24) is 5.32 Å². The lowest BCUT2D eigenvalue weighted by atomic mass is 9.96. The molecule has 1 aliphatic heterocycles. The summed E-state index contributed by atoms with van der Waals surface area (Å²) in [6.45, 7) is 3.79. The molecule has 1 amide bonds. The van der Waals surface area contributed by atoms with Crippen molar-refractivity contribution in [2.45, 2.75) is 31.9 Å². The third kappa shape index (κ3) is 6.21. The second-order valence-electron chi connectivity index (χ2n) is 4.38. The number of hydrogen-bond donors (Lipinski definition) is 2. The van der Waals surface area contributed by atoms with Crippen LogP contribution in [-0.2, 0) is 14.3 Å². The minimum absolute atomic E-state index is 0. The molecule has 102 valence electrons. The van der Waals surface area contributed by atoms with Crippen molar-refractivity contribution < 1.29 is 14.3 Å². The number of methoxy groups -OCH3 is 1. The fraction of sp³-hybridized carbons (Fsp3) is 0.909. The van der Waals surface area contributed by atoms with Crippen LogP contribution < -0.4 is 11.1 Å². The minimum Gasteiger partial charge on any atom is -0.383 e. The van der Waals surface area contributed by atoms with Gasteiger partial charge in [-0.1, -0.05) is 0 Å². The normalized spacial score (nSPS) is 25.8. The number of hydrogen-bond acceptors (Lipinski definition) is 4. The molecule has 3 N–H and O–H groups in total. The van der Waals surface area contributed by atoms with Crippen LogP contribution in [0.15, 0.2) is 0 Å². The first-order valence-corrected chi connectivity index (χ1v) is 5.77. The summed E-state index contributed by atoms with van der Waals surface area (Å²) in [5.41, 5.74) is 5.61. The molecule has 1 aliphatic rings. The molecule has 1 heterocycles. The van der Waals surface area contributed by atoms with E-state index in [-0.39, 0.29) is 24.9 Å². The van der Waals surface area contributed by atoms with Gasteiger partial charge in [-0.2, -0.15) is 0 Å². The number of carbonyl (C=O) groups is 1. The van der Waals surface area contributed by atoms with Crippen LogP contribution in [0.3, 0.4) is 0 Å². The van der Waals surface area contributed by atoms with Crippen LogP contribution in [-0.4, -0.2) is 44.9 Å². The molecule has 1 saturated heterocycles. The summed E-state index contributed by atoms with van der Waals surface area (Å²) in [4.78, 5) is 11.5. The van der Waals surface area contributed by atoms with Crippen molar-refractivity contribution in [3.63, 3.8) is 0 Å². The van der Waals surface area contributed by atoms with Crippen molar-refractivity contribution in [1.29, 1.82) is 0 Å². The van der Waals surface area contributed by atoms with E-state index in [0.29, 0.717) is 18.6 Å². The van der Waals surface area contributed by atoms with Crippen LogP contribution in [0.4, 0.5) is 0 Å². The van der Waals surface area contributed by atoms with Crippen LogP contribution in [0, 0.1) is 5.92 Å². The molecular weight excluding hydrogens is 244 g/mol. The predicted octanol–water partition coefficient (Wildman–Crippen LogP) is 0.313. The average Bonchev–Trinajstić information content (AvgIpc) is 2.26. The van der Waals surface area contributed by atoms with Gasteiger partial charge in [0.05, 0.1) is 12.7 Å². The van der Waals surface area contributed by atoms with Gasteiger partial charge in [-0.25, -0.2) is 0 Å². The molecule has 0 saturated carbocycles. The highest BCUT2D eigenvalue weighted by Gasteiger charge is 2.21. The molecule has 17 heavy (non-hydrogen) atoms. The van der Waals surface area contributed by atoms with Crippen molar-refractivity contribution in [2.24, 2.45) is 11.7 Å². The van der Waals surface area contributed by atoms with E-state index in [1.807, 2.05) is 0 Å². The van der Waals surface area contributed by atoms with Gasteiger partial charge in [-0.15, -0.1) is 12.4 Å². The van der Waals surface area contributed by atoms with Gasteiger partial charge in [0.15, 0.2) is 0 Å². The maximum absolute atomic E-state index is 11.5. The van der Waals surface area contributed by atoms with Crippen molar-refractivity contribution >= 4 is 18.3 Å². The standard InChI is InChI=1S/C11H22N2O3.ClH/c1-8-5-9(3-4-16-8)6-13-11(14)10(12)7-15-2;/h8-10H,3-7,12H2,1-2H3,(H,13,14);1H. The summed E-state index contributed by atoms with van der Waals surface area (Å²) >= 11 is 0. The molecule has 5 nitrogen and oxygen atoms in total. The van der Waals surface area contributed by atoms with E-state index in [1.54, 1.807) is 0 Å². The van der Waals surface area contributed by atoms with Crippen LogP contribution >= 0.6 is 12.4 Å². The number of rotatable bonds is 5. The first kappa shape index (κ1) is 16.6. The van der Waals surface area contributed by atoms with E-state index in [9.17, 15) is 4.79 Å². The molecule has 0 aromatic rings. The Labute approximate surface area is 109 Å². The molecule has 0 radical (unpaired) electrons. The molecule has 0 aromatic heterocycles. The first-order chi connectivity index (χ1) is 7.63. The lowest BCUT2D eigenvalue weighted by molar-refractivity contribution is -0.123. The Bertz CT molecular complexity index is 229. The Morgan fingerprint density at radius 3 is 2.94 bits per heavy atom. The Morgan fingerprint density at radius 1 is 1.65 bits per heavy atom. The SMILES string of the molecule is COCC(N)C(=O)NCC1CCOC(C)C1.Cl. The maximum Gasteiger partial charge on any atom is 0.239 e. The second kappa shape index (κ2) is 8.69. The maximum atomic E-state index is 11.5. The monoisotopic (exact) mass is 266 g/mol. The van der Waals surface area contributed by atoms with E-state index in [2.05, 4.69) is 12.2 Å². The van der Waals surface area contributed by atoms with Crippen molar-refractivity contribution in [3.05, 3.63) is 0 Å².